The molecule has 0 spiro atoms. The average Bonchev–Trinajstić information content (AvgIpc) is 2.93. The number of rotatable bonds is 6. The van der Waals surface area contributed by atoms with Gasteiger partial charge in [-0.05, 0) is 48.9 Å². The zero-order valence-corrected chi connectivity index (χ0v) is 16.9. The van der Waals surface area contributed by atoms with E-state index in [9.17, 15) is 14.4 Å². The van der Waals surface area contributed by atoms with Crippen LogP contribution >= 0.6 is 11.6 Å². The van der Waals surface area contributed by atoms with Crippen LogP contribution in [0, 0.1) is 0 Å². The second kappa shape index (κ2) is 8.00. The lowest BCUT2D eigenvalue weighted by molar-refractivity contribution is -0.133. The highest BCUT2D eigenvalue weighted by Crippen LogP contribution is 2.35. The average molecular weight is 418 g/mol. The maximum absolute atomic E-state index is 13.0. The molecule has 3 rings (SSSR count). The molecule has 152 valence electrons. The molecular formula is C20H20ClN3O5. The molecule has 1 fully saturated rings. The fraction of sp³-hybridized carbons (Fsp3) is 0.250. The van der Waals surface area contributed by atoms with Crippen molar-refractivity contribution in [1.82, 2.24) is 10.2 Å². The van der Waals surface area contributed by atoms with Gasteiger partial charge in [-0.3, -0.25) is 14.5 Å². The predicted molar refractivity (Wildman–Crippen MR) is 107 cm³/mol. The second-order valence-corrected chi connectivity index (χ2v) is 7.01. The molecule has 0 aromatic heterocycles. The lowest BCUT2D eigenvalue weighted by Crippen LogP contribution is -2.42. The number of hydrogen-bond acceptors (Lipinski definition) is 5. The van der Waals surface area contributed by atoms with Crippen LogP contribution in [0.25, 0.3) is 0 Å². The van der Waals surface area contributed by atoms with Crippen LogP contribution in [-0.2, 0) is 15.1 Å². The molecule has 1 atom stereocenters. The molecule has 0 bridgehead atoms. The van der Waals surface area contributed by atoms with E-state index in [0.717, 1.165) is 4.90 Å². The summed E-state index contributed by atoms with van der Waals surface area (Å²) in [7, 11) is 2.98. The smallest absolute Gasteiger partial charge is 0.325 e. The van der Waals surface area contributed by atoms with Gasteiger partial charge in [0, 0.05) is 10.7 Å². The van der Waals surface area contributed by atoms with E-state index in [2.05, 4.69) is 10.6 Å². The van der Waals surface area contributed by atoms with E-state index in [1.54, 1.807) is 49.4 Å². The SMILES string of the molecule is COc1ccc(C2(C)NC(=O)N(CC(=O)Nc3ccc(Cl)cc3)C2=O)cc1OC. The van der Waals surface area contributed by atoms with E-state index in [1.807, 2.05) is 0 Å². The summed E-state index contributed by atoms with van der Waals surface area (Å²) >= 11 is 5.82. The molecule has 1 aliphatic heterocycles. The zero-order chi connectivity index (χ0) is 21.2. The molecule has 2 N–H and O–H groups in total. The van der Waals surface area contributed by atoms with Gasteiger partial charge in [0.05, 0.1) is 14.2 Å². The fourth-order valence-electron chi connectivity index (χ4n) is 3.06. The Labute approximate surface area is 172 Å². The summed E-state index contributed by atoms with van der Waals surface area (Å²) in [5.41, 5.74) is -0.319. The molecule has 0 saturated carbocycles. The Kier molecular flexibility index (Phi) is 5.65. The van der Waals surface area contributed by atoms with E-state index in [1.165, 1.54) is 14.2 Å². The number of methoxy groups -OCH3 is 2. The number of carbonyl (C=O) groups is 3. The minimum atomic E-state index is -1.34. The summed E-state index contributed by atoms with van der Waals surface area (Å²) in [6.07, 6.45) is 0. The quantitative estimate of drug-likeness (QED) is 0.704. The van der Waals surface area contributed by atoms with Crippen molar-refractivity contribution < 1.29 is 23.9 Å². The van der Waals surface area contributed by atoms with Crippen molar-refractivity contribution in [3.8, 4) is 11.5 Å². The molecule has 2 aromatic rings. The number of imide groups is 1. The largest absolute Gasteiger partial charge is 0.493 e. The first kappa shape index (κ1) is 20.5. The van der Waals surface area contributed by atoms with Crippen molar-refractivity contribution in [1.29, 1.82) is 0 Å². The van der Waals surface area contributed by atoms with E-state index >= 15 is 0 Å². The second-order valence-electron chi connectivity index (χ2n) is 6.57. The zero-order valence-electron chi connectivity index (χ0n) is 16.1. The number of hydrogen-bond donors (Lipinski definition) is 2. The van der Waals surface area contributed by atoms with Gasteiger partial charge < -0.3 is 20.1 Å². The highest BCUT2D eigenvalue weighted by molar-refractivity contribution is 6.30. The van der Waals surface area contributed by atoms with E-state index in [4.69, 9.17) is 21.1 Å². The predicted octanol–water partition coefficient (Wildman–Crippen LogP) is 2.76. The van der Waals surface area contributed by atoms with Crippen LogP contribution in [0.1, 0.15) is 12.5 Å². The summed E-state index contributed by atoms with van der Waals surface area (Å²) in [5, 5.41) is 5.82. The first-order chi connectivity index (χ1) is 13.8. The molecular weight excluding hydrogens is 398 g/mol. The fourth-order valence-corrected chi connectivity index (χ4v) is 3.19. The van der Waals surface area contributed by atoms with Crippen molar-refractivity contribution in [2.75, 3.05) is 26.1 Å². The molecule has 1 unspecified atom stereocenters. The highest BCUT2D eigenvalue weighted by atomic mass is 35.5. The normalized spacial score (nSPS) is 18.4. The van der Waals surface area contributed by atoms with Gasteiger partial charge in [0.25, 0.3) is 5.91 Å². The van der Waals surface area contributed by atoms with Crippen LogP contribution in [0.3, 0.4) is 0 Å². The minimum Gasteiger partial charge on any atom is -0.493 e. The molecule has 1 saturated heterocycles. The lowest BCUT2D eigenvalue weighted by atomic mass is 9.91. The Bertz CT molecular complexity index is 963. The van der Waals surface area contributed by atoms with Crippen molar-refractivity contribution >= 4 is 35.1 Å². The maximum atomic E-state index is 13.0. The Morgan fingerprint density at radius 3 is 2.38 bits per heavy atom. The Morgan fingerprint density at radius 1 is 1.10 bits per heavy atom. The van der Waals surface area contributed by atoms with Gasteiger partial charge in [0.1, 0.15) is 12.1 Å². The number of benzene rings is 2. The van der Waals surface area contributed by atoms with Crippen molar-refractivity contribution in [2.45, 2.75) is 12.5 Å². The summed E-state index contributed by atoms with van der Waals surface area (Å²) in [4.78, 5) is 38.6. The van der Waals surface area contributed by atoms with Gasteiger partial charge in [-0.2, -0.15) is 0 Å². The summed E-state index contributed by atoms with van der Waals surface area (Å²) in [5.74, 6) is -0.128. The molecule has 2 aromatic carbocycles. The lowest BCUT2D eigenvalue weighted by Gasteiger charge is -2.23. The number of ether oxygens (including phenoxy) is 2. The van der Waals surface area contributed by atoms with Gasteiger partial charge in [-0.15, -0.1) is 0 Å². The van der Waals surface area contributed by atoms with Crippen LogP contribution < -0.4 is 20.1 Å². The Hall–Kier alpha value is -3.26. The number of carbonyl (C=O) groups excluding carboxylic acids is 3. The third-order valence-electron chi connectivity index (χ3n) is 4.67. The summed E-state index contributed by atoms with van der Waals surface area (Å²) < 4.78 is 10.5. The van der Waals surface area contributed by atoms with Crippen LogP contribution in [-0.4, -0.2) is 43.5 Å². The van der Waals surface area contributed by atoms with Crippen molar-refractivity contribution in [2.24, 2.45) is 0 Å². The number of anilines is 1. The number of amides is 4. The summed E-state index contributed by atoms with van der Waals surface area (Å²) in [6.45, 7) is 1.15. The maximum Gasteiger partial charge on any atom is 0.325 e. The molecule has 4 amide bonds. The third kappa shape index (κ3) is 3.97. The molecule has 1 heterocycles. The van der Waals surface area contributed by atoms with Crippen LogP contribution in [0.5, 0.6) is 11.5 Å². The molecule has 0 aliphatic carbocycles. The van der Waals surface area contributed by atoms with Crippen molar-refractivity contribution in [3.05, 3.63) is 53.1 Å². The summed E-state index contributed by atoms with van der Waals surface area (Å²) in [6, 6.07) is 10.8. The molecule has 0 radical (unpaired) electrons. The van der Waals surface area contributed by atoms with Gasteiger partial charge in [-0.25, -0.2) is 4.79 Å². The van der Waals surface area contributed by atoms with E-state index in [-0.39, 0.29) is 0 Å². The number of nitrogens with zero attached hydrogens (tertiary/aromatic N) is 1. The standard InChI is InChI=1S/C20H20ClN3O5/c1-20(12-4-9-15(28-2)16(10-12)29-3)18(26)24(19(27)23-20)11-17(25)22-14-7-5-13(21)6-8-14/h4-10H,11H2,1-3H3,(H,22,25)(H,23,27). The van der Waals surface area contributed by atoms with Crippen molar-refractivity contribution in [3.63, 3.8) is 0 Å². The van der Waals surface area contributed by atoms with Crippen LogP contribution in [0.15, 0.2) is 42.5 Å². The van der Waals surface area contributed by atoms with Gasteiger partial charge >= 0.3 is 6.03 Å². The monoisotopic (exact) mass is 417 g/mol. The van der Waals surface area contributed by atoms with Gasteiger partial charge in [-0.1, -0.05) is 17.7 Å². The Balaban J connectivity index is 1.78. The molecule has 8 nitrogen and oxygen atoms in total. The molecule has 1 aliphatic rings. The number of halogens is 1. The Morgan fingerprint density at radius 2 is 1.76 bits per heavy atom. The van der Waals surface area contributed by atoms with Gasteiger partial charge in [0.15, 0.2) is 11.5 Å². The first-order valence-electron chi connectivity index (χ1n) is 8.70. The van der Waals surface area contributed by atoms with Crippen LogP contribution in [0.4, 0.5) is 10.5 Å². The highest BCUT2D eigenvalue weighted by Gasteiger charge is 2.49. The minimum absolute atomic E-state index is 0.420. The number of urea groups is 1. The first-order valence-corrected chi connectivity index (χ1v) is 9.08. The van der Waals surface area contributed by atoms with Gasteiger partial charge in [0.2, 0.25) is 5.91 Å². The topological polar surface area (TPSA) is 97.0 Å². The van der Waals surface area contributed by atoms with Crippen LogP contribution in [0.2, 0.25) is 5.02 Å². The third-order valence-corrected chi connectivity index (χ3v) is 4.92. The van der Waals surface area contributed by atoms with E-state index in [0.29, 0.717) is 27.8 Å². The number of nitrogens with one attached hydrogen (secondary N) is 2. The molecule has 9 heteroatoms. The molecule has 29 heavy (non-hydrogen) atoms. The van der Waals surface area contributed by atoms with E-state index < -0.39 is 29.9 Å².